The Hall–Kier alpha value is -1.45. The van der Waals surface area contributed by atoms with Crippen molar-refractivity contribution in [3.05, 3.63) is 27.9 Å². The van der Waals surface area contributed by atoms with Crippen LogP contribution >= 0.6 is 0 Å². The number of H-pyrrole nitrogens is 1. The molecule has 1 heterocycles. The first-order valence-electron chi connectivity index (χ1n) is 3.23. The molecule has 0 saturated carbocycles. The average Bonchev–Trinajstić information content (AvgIpc) is 1.85. The number of nitrogens with one attached hydrogen (secondary N) is 1. The number of aromatic nitrogens is 2. The number of rotatable bonds is 2. The average molecular weight is 152 g/mol. The van der Waals surface area contributed by atoms with Crippen LogP contribution in [0.1, 0.15) is 11.5 Å². The van der Waals surface area contributed by atoms with Crippen LogP contribution in [0.3, 0.4) is 0 Å². The summed E-state index contributed by atoms with van der Waals surface area (Å²) < 4.78 is 0. The summed E-state index contributed by atoms with van der Waals surface area (Å²) in [5, 5.41) is 0. The Morgan fingerprint density at radius 2 is 2.45 bits per heavy atom. The molecule has 0 unspecified atom stereocenters. The summed E-state index contributed by atoms with van der Waals surface area (Å²) in [6.07, 6.45) is 0.870. The number of carbonyl (C=O) groups is 1. The first-order chi connectivity index (χ1) is 5.22. The van der Waals surface area contributed by atoms with E-state index in [-0.39, 0.29) is 12.0 Å². The molecular formula is C7H8N2O2. The summed E-state index contributed by atoms with van der Waals surface area (Å²) in [7, 11) is 0. The van der Waals surface area contributed by atoms with E-state index in [0.29, 0.717) is 17.8 Å². The molecule has 1 aromatic heterocycles. The highest BCUT2D eigenvalue weighted by Crippen LogP contribution is 1.88. The van der Waals surface area contributed by atoms with Crippen molar-refractivity contribution in [1.82, 2.24) is 9.97 Å². The molecule has 0 spiro atoms. The SMILES string of the molecule is Cc1cc(=O)[nH]c(CC=O)n1. The molecule has 1 N–H and O–H groups in total. The van der Waals surface area contributed by atoms with Gasteiger partial charge in [0.05, 0.1) is 6.42 Å². The van der Waals surface area contributed by atoms with E-state index in [0.717, 1.165) is 0 Å². The lowest BCUT2D eigenvalue weighted by Gasteiger charge is -1.94. The van der Waals surface area contributed by atoms with Gasteiger partial charge in [-0.05, 0) is 6.92 Å². The van der Waals surface area contributed by atoms with Crippen LogP contribution in [0.2, 0.25) is 0 Å². The maximum Gasteiger partial charge on any atom is 0.251 e. The maximum absolute atomic E-state index is 10.8. The molecule has 1 rings (SSSR count). The molecule has 1 aromatic rings. The van der Waals surface area contributed by atoms with E-state index in [2.05, 4.69) is 9.97 Å². The minimum Gasteiger partial charge on any atom is -0.310 e. The zero-order chi connectivity index (χ0) is 8.27. The fourth-order valence-corrected chi connectivity index (χ4v) is 0.817. The Morgan fingerprint density at radius 1 is 1.73 bits per heavy atom. The molecule has 0 aliphatic heterocycles. The number of hydrogen-bond donors (Lipinski definition) is 1. The lowest BCUT2D eigenvalue weighted by molar-refractivity contribution is -0.107. The molecule has 58 valence electrons. The molecular weight excluding hydrogens is 144 g/mol. The number of carbonyl (C=O) groups excluding carboxylic acids is 1. The highest BCUT2D eigenvalue weighted by atomic mass is 16.1. The largest absolute Gasteiger partial charge is 0.310 e. The summed E-state index contributed by atoms with van der Waals surface area (Å²) in [6, 6.07) is 1.38. The van der Waals surface area contributed by atoms with E-state index in [4.69, 9.17) is 0 Å². The third-order valence-electron chi connectivity index (χ3n) is 1.20. The zero-order valence-corrected chi connectivity index (χ0v) is 6.13. The van der Waals surface area contributed by atoms with Crippen molar-refractivity contribution in [2.75, 3.05) is 0 Å². The molecule has 4 heteroatoms. The Morgan fingerprint density at radius 3 is 3.00 bits per heavy atom. The number of aromatic amines is 1. The molecule has 4 nitrogen and oxygen atoms in total. The van der Waals surface area contributed by atoms with Crippen molar-refractivity contribution < 1.29 is 4.79 Å². The molecule has 0 aliphatic rings. The second kappa shape index (κ2) is 3.09. The molecule has 0 amide bonds. The van der Waals surface area contributed by atoms with Crippen molar-refractivity contribution in [3.8, 4) is 0 Å². The predicted molar refractivity (Wildman–Crippen MR) is 39.4 cm³/mol. The summed E-state index contributed by atoms with van der Waals surface area (Å²) in [5.74, 6) is 0.421. The van der Waals surface area contributed by atoms with Crippen LogP contribution in [-0.4, -0.2) is 16.3 Å². The first kappa shape index (κ1) is 7.65. The van der Waals surface area contributed by atoms with Crippen molar-refractivity contribution in [2.24, 2.45) is 0 Å². The van der Waals surface area contributed by atoms with Gasteiger partial charge >= 0.3 is 0 Å². The number of nitrogens with zero attached hydrogens (tertiary/aromatic N) is 1. The predicted octanol–water partition coefficient (Wildman–Crippen LogP) is -0.180. The van der Waals surface area contributed by atoms with Crippen molar-refractivity contribution in [2.45, 2.75) is 13.3 Å². The molecule has 0 aliphatic carbocycles. The van der Waals surface area contributed by atoms with Crippen LogP contribution in [0.4, 0.5) is 0 Å². The van der Waals surface area contributed by atoms with Gasteiger partial charge in [0.15, 0.2) is 0 Å². The van der Waals surface area contributed by atoms with E-state index >= 15 is 0 Å². The Balaban J connectivity index is 3.08. The number of aldehydes is 1. The minimum absolute atomic E-state index is 0.164. The van der Waals surface area contributed by atoms with Gasteiger partial charge in [-0.15, -0.1) is 0 Å². The van der Waals surface area contributed by atoms with Gasteiger partial charge in [0, 0.05) is 11.8 Å². The Bertz CT molecular complexity index is 316. The smallest absolute Gasteiger partial charge is 0.251 e. The topological polar surface area (TPSA) is 62.8 Å². The van der Waals surface area contributed by atoms with E-state index in [1.807, 2.05) is 0 Å². The van der Waals surface area contributed by atoms with E-state index < -0.39 is 0 Å². The van der Waals surface area contributed by atoms with Gasteiger partial charge in [0.2, 0.25) is 0 Å². The second-order valence-corrected chi connectivity index (χ2v) is 2.20. The van der Waals surface area contributed by atoms with Gasteiger partial charge in [-0.25, -0.2) is 4.98 Å². The van der Waals surface area contributed by atoms with Gasteiger partial charge in [0.1, 0.15) is 12.1 Å². The van der Waals surface area contributed by atoms with Crippen LogP contribution in [0.15, 0.2) is 10.9 Å². The van der Waals surface area contributed by atoms with Crippen LogP contribution < -0.4 is 5.56 Å². The van der Waals surface area contributed by atoms with Crippen molar-refractivity contribution in [1.29, 1.82) is 0 Å². The van der Waals surface area contributed by atoms with E-state index in [1.54, 1.807) is 6.92 Å². The van der Waals surface area contributed by atoms with Crippen LogP contribution in [0, 0.1) is 6.92 Å². The lowest BCUT2D eigenvalue weighted by atomic mass is 10.4. The highest BCUT2D eigenvalue weighted by Gasteiger charge is 1.95. The summed E-state index contributed by atoms with van der Waals surface area (Å²) in [6.45, 7) is 1.71. The Labute approximate surface area is 63.3 Å². The molecule has 0 radical (unpaired) electrons. The van der Waals surface area contributed by atoms with Gasteiger partial charge in [0.25, 0.3) is 5.56 Å². The lowest BCUT2D eigenvalue weighted by Crippen LogP contribution is -2.11. The Kier molecular flexibility index (Phi) is 2.15. The van der Waals surface area contributed by atoms with Crippen molar-refractivity contribution in [3.63, 3.8) is 0 Å². The van der Waals surface area contributed by atoms with Gasteiger partial charge in [-0.1, -0.05) is 0 Å². The third kappa shape index (κ3) is 2.00. The van der Waals surface area contributed by atoms with Crippen LogP contribution in [0.5, 0.6) is 0 Å². The molecule has 0 saturated heterocycles. The normalized spacial score (nSPS) is 9.55. The maximum atomic E-state index is 10.8. The first-order valence-corrected chi connectivity index (χ1v) is 3.23. The molecule has 11 heavy (non-hydrogen) atoms. The minimum atomic E-state index is -0.214. The zero-order valence-electron chi connectivity index (χ0n) is 6.13. The standard InChI is InChI=1S/C7H8N2O2/c1-5-4-7(11)9-6(8-5)2-3-10/h3-4H,2H2,1H3,(H,8,9,11). The third-order valence-corrected chi connectivity index (χ3v) is 1.20. The molecule has 0 atom stereocenters. The summed E-state index contributed by atoms with van der Waals surface area (Å²) >= 11 is 0. The van der Waals surface area contributed by atoms with Gasteiger partial charge in [-0.2, -0.15) is 0 Å². The fourth-order valence-electron chi connectivity index (χ4n) is 0.817. The second-order valence-electron chi connectivity index (χ2n) is 2.20. The number of aryl methyl sites for hydroxylation is 1. The summed E-state index contributed by atoms with van der Waals surface area (Å²) in [5.41, 5.74) is 0.417. The van der Waals surface area contributed by atoms with Gasteiger partial charge in [-0.3, -0.25) is 4.79 Å². The molecule has 0 bridgehead atoms. The van der Waals surface area contributed by atoms with E-state index in [1.165, 1.54) is 6.07 Å². The monoisotopic (exact) mass is 152 g/mol. The fraction of sp³-hybridized carbons (Fsp3) is 0.286. The summed E-state index contributed by atoms with van der Waals surface area (Å²) in [4.78, 5) is 27.2. The quantitative estimate of drug-likeness (QED) is 0.598. The molecule has 0 fully saturated rings. The van der Waals surface area contributed by atoms with E-state index in [9.17, 15) is 9.59 Å². The molecule has 0 aromatic carbocycles. The van der Waals surface area contributed by atoms with Gasteiger partial charge < -0.3 is 9.78 Å². The highest BCUT2D eigenvalue weighted by molar-refractivity contribution is 5.52. The van der Waals surface area contributed by atoms with Crippen LogP contribution in [-0.2, 0) is 11.2 Å². The number of hydrogen-bond acceptors (Lipinski definition) is 3. The van der Waals surface area contributed by atoms with Crippen molar-refractivity contribution >= 4 is 6.29 Å². The van der Waals surface area contributed by atoms with Crippen LogP contribution in [0.25, 0.3) is 0 Å².